The van der Waals surface area contributed by atoms with E-state index >= 15 is 0 Å². The summed E-state index contributed by atoms with van der Waals surface area (Å²) in [5.41, 5.74) is 1.47. The van der Waals surface area contributed by atoms with Crippen molar-refractivity contribution in [2.75, 3.05) is 64.5 Å². The predicted octanol–water partition coefficient (Wildman–Crippen LogP) is 2.44. The summed E-state index contributed by atoms with van der Waals surface area (Å²) >= 11 is 0. The molecule has 1 N–H and O–H groups in total. The van der Waals surface area contributed by atoms with E-state index in [9.17, 15) is 0 Å². The molecule has 7 heteroatoms. The molecule has 0 aliphatic carbocycles. The molecule has 2 aliphatic heterocycles. The maximum Gasteiger partial charge on any atom is 0.194 e. The van der Waals surface area contributed by atoms with Gasteiger partial charge in [0, 0.05) is 43.8 Å². The summed E-state index contributed by atoms with van der Waals surface area (Å²) in [5.74, 6) is 1.93. The van der Waals surface area contributed by atoms with Crippen LogP contribution in [0.25, 0.3) is 0 Å². The molecule has 0 aromatic heterocycles. The number of halogens is 1. The van der Waals surface area contributed by atoms with E-state index in [-0.39, 0.29) is 29.4 Å². The first kappa shape index (κ1) is 21.1. The average molecular weight is 474 g/mol. The molecule has 0 saturated carbocycles. The number of nitrogens with zero attached hydrogens (tertiary/aromatic N) is 3. The zero-order valence-electron chi connectivity index (χ0n) is 16.0. The lowest BCUT2D eigenvalue weighted by atomic mass is 9.89. The minimum Gasteiger partial charge on any atom is -0.497 e. The number of ether oxygens (including phenoxy) is 2. The van der Waals surface area contributed by atoms with Gasteiger partial charge in [0.15, 0.2) is 5.96 Å². The van der Waals surface area contributed by atoms with Gasteiger partial charge in [0.25, 0.3) is 0 Å². The van der Waals surface area contributed by atoms with Crippen LogP contribution >= 0.6 is 24.0 Å². The SMILES string of the molecule is CCNC(=NCC1(C)COC1)N1CCN(c2ccc(OC)cc2)CC1.I. The van der Waals surface area contributed by atoms with Crippen molar-refractivity contribution in [1.29, 1.82) is 0 Å². The molecule has 6 nitrogen and oxygen atoms in total. The molecule has 0 atom stereocenters. The van der Waals surface area contributed by atoms with E-state index in [1.54, 1.807) is 7.11 Å². The van der Waals surface area contributed by atoms with Crippen LogP contribution in [0.1, 0.15) is 13.8 Å². The van der Waals surface area contributed by atoms with Gasteiger partial charge in [-0.2, -0.15) is 0 Å². The summed E-state index contributed by atoms with van der Waals surface area (Å²) in [6.45, 7) is 11.7. The van der Waals surface area contributed by atoms with Gasteiger partial charge in [-0.3, -0.25) is 4.99 Å². The standard InChI is InChI=1S/C19H30N4O2.HI/c1-4-20-18(21-13-19(2)14-25-15-19)23-11-9-22(10-12-23)16-5-7-17(24-3)8-6-16;/h5-8H,4,9-15H2,1-3H3,(H,20,21);1H. The maximum absolute atomic E-state index is 5.34. The Morgan fingerprint density at radius 1 is 1.19 bits per heavy atom. The third-order valence-electron chi connectivity index (χ3n) is 4.86. The van der Waals surface area contributed by atoms with Gasteiger partial charge in [0.1, 0.15) is 5.75 Å². The van der Waals surface area contributed by atoms with E-state index in [0.29, 0.717) is 0 Å². The first-order valence-electron chi connectivity index (χ1n) is 9.13. The highest BCUT2D eigenvalue weighted by Gasteiger charge is 2.33. The second-order valence-corrected chi connectivity index (χ2v) is 7.15. The number of rotatable bonds is 5. The normalized spacial score (nSPS) is 19.4. The summed E-state index contributed by atoms with van der Waals surface area (Å²) in [4.78, 5) is 9.65. The van der Waals surface area contributed by atoms with Gasteiger partial charge in [-0.15, -0.1) is 24.0 Å². The van der Waals surface area contributed by atoms with Crippen molar-refractivity contribution in [1.82, 2.24) is 10.2 Å². The molecule has 2 heterocycles. The quantitative estimate of drug-likeness (QED) is 0.404. The van der Waals surface area contributed by atoms with E-state index < -0.39 is 0 Å². The smallest absolute Gasteiger partial charge is 0.194 e. The largest absolute Gasteiger partial charge is 0.497 e. The zero-order chi connectivity index (χ0) is 17.7. The Morgan fingerprint density at radius 2 is 1.85 bits per heavy atom. The van der Waals surface area contributed by atoms with Crippen LogP contribution in [0.2, 0.25) is 0 Å². The number of guanidine groups is 1. The molecule has 3 rings (SSSR count). The first-order chi connectivity index (χ1) is 12.1. The summed E-state index contributed by atoms with van der Waals surface area (Å²) in [6, 6.07) is 8.31. The summed E-state index contributed by atoms with van der Waals surface area (Å²) in [6.07, 6.45) is 0. The number of aliphatic imine (C=N–C) groups is 1. The van der Waals surface area contributed by atoms with Crippen molar-refractivity contribution in [3.05, 3.63) is 24.3 Å². The number of anilines is 1. The average Bonchev–Trinajstić information content (AvgIpc) is 2.64. The van der Waals surface area contributed by atoms with Gasteiger partial charge in [0.2, 0.25) is 0 Å². The Bertz CT molecular complexity index is 582. The lowest BCUT2D eigenvalue weighted by Gasteiger charge is -2.39. The molecule has 0 unspecified atom stereocenters. The van der Waals surface area contributed by atoms with E-state index in [4.69, 9.17) is 14.5 Å². The second-order valence-electron chi connectivity index (χ2n) is 7.15. The van der Waals surface area contributed by atoms with Gasteiger partial charge in [-0.25, -0.2) is 0 Å². The fourth-order valence-electron chi connectivity index (χ4n) is 3.20. The molecular formula is C19H31IN4O2. The summed E-state index contributed by atoms with van der Waals surface area (Å²) in [7, 11) is 1.70. The van der Waals surface area contributed by atoms with Crippen LogP contribution in [0.3, 0.4) is 0 Å². The highest BCUT2D eigenvalue weighted by molar-refractivity contribution is 14.0. The molecule has 1 aromatic carbocycles. The number of piperazine rings is 1. The van der Waals surface area contributed by atoms with Crippen LogP contribution in [0, 0.1) is 5.41 Å². The van der Waals surface area contributed by atoms with Crippen molar-refractivity contribution in [3.8, 4) is 5.75 Å². The Labute approximate surface area is 173 Å². The molecule has 0 amide bonds. The van der Waals surface area contributed by atoms with Crippen molar-refractivity contribution in [2.45, 2.75) is 13.8 Å². The third-order valence-corrected chi connectivity index (χ3v) is 4.86. The molecule has 146 valence electrons. The molecule has 2 fully saturated rings. The fourth-order valence-corrected chi connectivity index (χ4v) is 3.20. The lowest BCUT2D eigenvalue weighted by molar-refractivity contribution is -0.0946. The number of methoxy groups -OCH3 is 1. The number of hydrogen-bond acceptors (Lipinski definition) is 4. The van der Waals surface area contributed by atoms with Crippen LogP contribution in [0.15, 0.2) is 29.3 Å². The van der Waals surface area contributed by atoms with Crippen LogP contribution < -0.4 is 15.0 Å². The fraction of sp³-hybridized carbons (Fsp3) is 0.632. The highest BCUT2D eigenvalue weighted by atomic mass is 127. The molecule has 0 spiro atoms. The monoisotopic (exact) mass is 474 g/mol. The summed E-state index contributed by atoms with van der Waals surface area (Å²) in [5, 5.41) is 3.44. The Kier molecular flexibility index (Phi) is 7.82. The van der Waals surface area contributed by atoms with Crippen LogP contribution in [-0.4, -0.2) is 70.5 Å². The molecular weight excluding hydrogens is 443 g/mol. The van der Waals surface area contributed by atoms with E-state index in [0.717, 1.165) is 64.2 Å². The topological polar surface area (TPSA) is 49.3 Å². The third kappa shape index (κ3) is 5.16. The zero-order valence-corrected chi connectivity index (χ0v) is 18.4. The van der Waals surface area contributed by atoms with Crippen molar-refractivity contribution >= 4 is 35.6 Å². The Morgan fingerprint density at radius 3 is 2.35 bits per heavy atom. The van der Waals surface area contributed by atoms with Crippen molar-refractivity contribution in [2.24, 2.45) is 10.4 Å². The van der Waals surface area contributed by atoms with Crippen LogP contribution in [0.5, 0.6) is 5.75 Å². The van der Waals surface area contributed by atoms with Crippen molar-refractivity contribution < 1.29 is 9.47 Å². The van der Waals surface area contributed by atoms with Crippen LogP contribution in [-0.2, 0) is 4.74 Å². The molecule has 1 aromatic rings. The lowest BCUT2D eigenvalue weighted by Crippen LogP contribution is -2.53. The predicted molar refractivity (Wildman–Crippen MR) is 117 cm³/mol. The minimum absolute atomic E-state index is 0. The number of nitrogens with one attached hydrogen (secondary N) is 1. The molecule has 2 saturated heterocycles. The maximum atomic E-state index is 5.34. The van der Waals surface area contributed by atoms with Gasteiger partial charge in [0.05, 0.1) is 26.9 Å². The van der Waals surface area contributed by atoms with E-state index in [2.05, 4.69) is 41.1 Å². The molecule has 0 bridgehead atoms. The first-order valence-corrected chi connectivity index (χ1v) is 9.13. The Balaban J connectivity index is 0.00000243. The minimum atomic E-state index is 0. The highest BCUT2D eigenvalue weighted by Crippen LogP contribution is 2.26. The van der Waals surface area contributed by atoms with E-state index in [1.807, 2.05) is 12.1 Å². The number of hydrogen-bond donors (Lipinski definition) is 1. The Hall–Kier alpha value is -1.22. The van der Waals surface area contributed by atoms with Gasteiger partial charge in [-0.1, -0.05) is 6.92 Å². The van der Waals surface area contributed by atoms with Crippen LogP contribution in [0.4, 0.5) is 5.69 Å². The van der Waals surface area contributed by atoms with Gasteiger partial charge < -0.3 is 24.6 Å². The second kappa shape index (κ2) is 9.64. The van der Waals surface area contributed by atoms with Gasteiger partial charge >= 0.3 is 0 Å². The number of benzene rings is 1. The molecule has 0 radical (unpaired) electrons. The summed E-state index contributed by atoms with van der Waals surface area (Å²) < 4.78 is 10.6. The van der Waals surface area contributed by atoms with Gasteiger partial charge in [-0.05, 0) is 31.2 Å². The molecule has 2 aliphatic rings. The molecule has 26 heavy (non-hydrogen) atoms. The van der Waals surface area contributed by atoms with Crippen molar-refractivity contribution in [3.63, 3.8) is 0 Å². The van der Waals surface area contributed by atoms with E-state index in [1.165, 1.54) is 5.69 Å².